The lowest BCUT2D eigenvalue weighted by Crippen LogP contribution is -2.14. The second-order valence-corrected chi connectivity index (χ2v) is 4.99. The molecule has 0 aliphatic heterocycles. The highest BCUT2D eigenvalue weighted by molar-refractivity contribution is 5.98. The zero-order chi connectivity index (χ0) is 18.6. The molecular weight excluding hydrogens is 342 g/mol. The number of halogens is 4. The van der Waals surface area contributed by atoms with Gasteiger partial charge >= 0.3 is 0 Å². The molecule has 0 bridgehead atoms. The molecule has 0 aliphatic rings. The van der Waals surface area contributed by atoms with E-state index in [1.165, 1.54) is 24.3 Å². The van der Waals surface area contributed by atoms with Crippen LogP contribution < -0.4 is 10.1 Å². The van der Waals surface area contributed by atoms with Gasteiger partial charge in [-0.3, -0.25) is 9.59 Å². The molecule has 0 heterocycles. The third-order valence-corrected chi connectivity index (χ3v) is 3.23. The summed E-state index contributed by atoms with van der Waals surface area (Å²) in [6, 6.07) is 5.71. The fourth-order valence-electron chi connectivity index (χ4n) is 1.89. The van der Waals surface area contributed by atoms with E-state index in [9.17, 15) is 27.2 Å². The Kier molecular flexibility index (Phi) is 5.74. The van der Waals surface area contributed by atoms with Crippen molar-refractivity contribution in [1.82, 2.24) is 0 Å². The minimum atomic E-state index is -1.72. The van der Waals surface area contributed by atoms with Crippen LogP contribution in [0.4, 0.5) is 23.2 Å². The van der Waals surface area contributed by atoms with E-state index < -0.39 is 41.4 Å². The van der Waals surface area contributed by atoms with Crippen LogP contribution in [-0.2, 0) is 4.79 Å². The van der Waals surface area contributed by atoms with Gasteiger partial charge in [-0.1, -0.05) is 6.92 Å². The second kappa shape index (κ2) is 7.78. The third-order valence-electron chi connectivity index (χ3n) is 3.23. The number of benzene rings is 2. The SMILES string of the molecule is CCC(=O)Nc1ccc(C(=O)COc2c(F)c(F)cc(F)c2F)cc1. The molecule has 2 rings (SSSR count). The third kappa shape index (κ3) is 4.34. The minimum Gasteiger partial charge on any atom is -0.479 e. The summed E-state index contributed by atoms with van der Waals surface area (Å²) >= 11 is 0. The predicted octanol–water partition coefficient (Wildman–Crippen LogP) is 3.85. The highest BCUT2D eigenvalue weighted by atomic mass is 19.2. The summed E-state index contributed by atoms with van der Waals surface area (Å²) in [5.74, 6) is -8.86. The fourth-order valence-corrected chi connectivity index (χ4v) is 1.89. The van der Waals surface area contributed by atoms with Gasteiger partial charge in [0.15, 0.2) is 29.8 Å². The number of carbonyl (C=O) groups is 2. The average molecular weight is 355 g/mol. The van der Waals surface area contributed by atoms with Crippen LogP contribution in [0.5, 0.6) is 5.75 Å². The van der Waals surface area contributed by atoms with E-state index in [4.69, 9.17) is 0 Å². The number of rotatable bonds is 6. The maximum Gasteiger partial charge on any atom is 0.224 e. The van der Waals surface area contributed by atoms with E-state index >= 15 is 0 Å². The van der Waals surface area contributed by atoms with Crippen LogP contribution in [0.3, 0.4) is 0 Å². The molecule has 0 spiro atoms. The van der Waals surface area contributed by atoms with Crippen LogP contribution >= 0.6 is 0 Å². The summed E-state index contributed by atoms with van der Waals surface area (Å²) in [6.07, 6.45) is 0.288. The van der Waals surface area contributed by atoms with Crippen LogP contribution in [0, 0.1) is 23.3 Å². The molecule has 8 heteroatoms. The van der Waals surface area contributed by atoms with Crippen LogP contribution in [0.1, 0.15) is 23.7 Å². The van der Waals surface area contributed by atoms with Gasteiger partial charge in [-0.25, -0.2) is 8.78 Å². The fraction of sp³-hybridized carbons (Fsp3) is 0.176. The lowest BCUT2D eigenvalue weighted by molar-refractivity contribution is -0.115. The van der Waals surface area contributed by atoms with Crippen molar-refractivity contribution >= 4 is 17.4 Å². The van der Waals surface area contributed by atoms with Crippen molar-refractivity contribution in [2.24, 2.45) is 0 Å². The number of amides is 1. The lowest BCUT2D eigenvalue weighted by atomic mass is 10.1. The van der Waals surface area contributed by atoms with Gasteiger partial charge in [0.05, 0.1) is 0 Å². The topological polar surface area (TPSA) is 55.4 Å². The number of hydrogen-bond donors (Lipinski definition) is 1. The Morgan fingerprint density at radius 2 is 1.56 bits per heavy atom. The first-order valence-corrected chi connectivity index (χ1v) is 7.22. The molecular formula is C17H13F4NO3. The highest BCUT2D eigenvalue weighted by Gasteiger charge is 2.21. The van der Waals surface area contributed by atoms with E-state index in [1.807, 2.05) is 0 Å². The molecule has 0 saturated heterocycles. The first-order valence-electron chi connectivity index (χ1n) is 7.22. The molecule has 0 aromatic heterocycles. The van der Waals surface area contributed by atoms with Crippen molar-refractivity contribution in [2.45, 2.75) is 13.3 Å². The van der Waals surface area contributed by atoms with E-state index in [0.29, 0.717) is 5.69 Å². The maximum atomic E-state index is 13.4. The molecule has 4 nitrogen and oxygen atoms in total. The normalized spacial score (nSPS) is 10.4. The minimum absolute atomic E-state index is 0.0443. The summed E-state index contributed by atoms with van der Waals surface area (Å²) in [5, 5.41) is 2.58. The molecule has 2 aromatic carbocycles. The van der Waals surface area contributed by atoms with Crippen LogP contribution in [0.15, 0.2) is 30.3 Å². The quantitative estimate of drug-likeness (QED) is 0.486. The molecule has 0 unspecified atom stereocenters. The highest BCUT2D eigenvalue weighted by Crippen LogP contribution is 2.26. The van der Waals surface area contributed by atoms with E-state index in [0.717, 1.165) is 0 Å². The summed E-state index contributed by atoms with van der Waals surface area (Å²) in [5.41, 5.74) is 0.598. The first-order chi connectivity index (χ1) is 11.8. The first kappa shape index (κ1) is 18.4. The Morgan fingerprint density at radius 1 is 1.00 bits per heavy atom. The van der Waals surface area contributed by atoms with Crippen LogP contribution in [-0.4, -0.2) is 18.3 Å². The van der Waals surface area contributed by atoms with Crippen molar-refractivity contribution in [3.63, 3.8) is 0 Å². The zero-order valence-corrected chi connectivity index (χ0v) is 13.0. The standard InChI is InChI=1S/C17H13F4NO3/c1-2-14(24)22-10-5-3-9(4-6-10)13(23)8-25-17-15(20)11(18)7-12(19)16(17)21/h3-7H,2,8H2,1H3,(H,22,24). The van der Waals surface area contributed by atoms with Gasteiger partial charge in [-0.05, 0) is 24.3 Å². The molecule has 1 N–H and O–H groups in total. The van der Waals surface area contributed by atoms with E-state index in [1.54, 1.807) is 6.92 Å². The van der Waals surface area contributed by atoms with Crippen molar-refractivity contribution in [1.29, 1.82) is 0 Å². The van der Waals surface area contributed by atoms with Gasteiger partial charge in [-0.15, -0.1) is 0 Å². The number of ether oxygens (including phenoxy) is 1. The Balaban J connectivity index is 2.07. The summed E-state index contributed by atoms with van der Waals surface area (Å²) < 4.78 is 57.6. The van der Waals surface area contributed by atoms with Crippen molar-refractivity contribution in [3.8, 4) is 5.75 Å². The number of hydrogen-bond acceptors (Lipinski definition) is 3. The molecule has 0 atom stereocenters. The van der Waals surface area contributed by atoms with Gasteiger partial charge in [0.1, 0.15) is 0 Å². The molecule has 1 amide bonds. The predicted molar refractivity (Wildman–Crippen MR) is 81.5 cm³/mol. The Labute approximate surface area is 140 Å². The molecule has 0 fully saturated rings. The Morgan fingerprint density at radius 3 is 2.08 bits per heavy atom. The van der Waals surface area contributed by atoms with Gasteiger partial charge in [0, 0.05) is 23.7 Å². The zero-order valence-electron chi connectivity index (χ0n) is 13.0. The van der Waals surface area contributed by atoms with Gasteiger partial charge < -0.3 is 10.1 Å². The lowest BCUT2D eigenvalue weighted by Gasteiger charge is -2.09. The summed E-state index contributed by atoms with van der Waals surface area (Å²) in [7, 11) is 0. The van der Waals surface area contributed by atoms with Gasteiger partial charge in [-0.2, -0.15) is 8.78 Å². The van der Waals surface area contributed by atoms with E-state index in [2.05, 4.69) is 10.1 Å². The molecule has 0 radical (unpaired) electrons. The summed E-state index contributed by atoms with van der Waals surface area (Å²) in [4.78, 5) is 23.2. The molecule has 25 heavy (non-hydrogen) atoms. The number of ketones is 1. The number of carbonyl (C=O) groups excluding carboxylic acids is 2. The molecule has 0 aliphatic carbocycles. The van der Waals surface area contributed by atoms with Crippen molar-refractivity contribution < 1.29 is 31.9 Å². The Hall–Kier alpha value is -2.90. The maximum absolute atomic E-state index is 13.4. The largest absolute Gasteiger partial charge is 0.479 e. The number of anilines is 1. The molecule has 132 valence electrons. The monoisotopic (exact) mass is 355 g/mol. The molecule has 2 aromatic rings. The van der Waals surface area contributed by atoms with Gasteiger partial charge in [0.2, 0.25) is 17.5 Å². The van der Waals surface area contributed by atoms with Crippen molar-refractivity contribution in [2.75, 3.05) is 11.9 Å². The number of Topliss-reactive ketones (excluding diaryl/α,β-unsaturated/α-hetero) is 1. The smallest absolute Gasteiger partial charge is 0.224 e. The second-order valence-electron chi connectivity index (χ2n) is 4.99. The van der Waals surface area contributed by atoms with E-state index in [-0.39, 0.29) is 24.0 Å². The van der Waals surface area contributed by atoms with Crippen LogP contribution in [0.2, 0.25) is 0 Å². The van der Waals surface area contributed by atoms with Gasteiger partial charge in [0.25, 0.3) is 0 Å². The molecule has 0 saturated carbocycles. The number of nitrogens with one attached hydrogen (secondary N) is 1. The Bertz CT molecular complexity index is 780. The summed E-state index contributed by atoms with van der Waals surface area (Å²) in [6.45, 7) is 0.857. The van der Waals surface area contributed by atoms with Crippen molar-refractivity contribution in [3.05, 3.63) is 59.2 Å². The van der Waals surface area contributed by atoms with Crippen LogP contribution in [0.25, 0.3) is 0 Å². The average Bonchev–Trinajstić information content (AvgIpc) is 2.60.